The Hall–Kier alpha value is -2.93. The summed E-state index contributed by atoms with van der Waals surface area (Å²) in [6, 6.07) is 12.8. The first kappa shape index (κ1) is 31.5. The van der Waals surface area contributed by atoms with Crippen LogP contribution < -0.4 is 4.90 Å². The standard InChI is InChI=1S/C36H46ClN3O3/c1-23-9-8-10-30(37)29(23)22-39-16-13-25-19-26(11-12-27(25)21-39)28-20-38-24(2)31(33(34(41)42)43-35(3,4)5)32(28)40-17-14-36(6,7)15-18-40/h8-12,19-20,33H,13-18,21-22H2,1-7H3,(H,41,42). The summed E-state index contributed by atoms with van der Waals surface area (Å²) in [5.74, 6) is -0.991. The van der Waals surface area contributed by atoms with Gasteiger partial charge in [0, 0.05) is 60.8 Å². The molecule has 1 N–H and O–H groups in total. The number of anilines is 1. The average Bonchev–Trinajstić information content (AvgIpc) is 2.93. The molecule has 6 nitrogen and oxygen atoms in total. The third kappa shape index (κ3) is 7.08. The van der Waals surface area contributed by atoms with Crippen LogP contribution in [0, 0.1) is 19.3 Å². The van der Waals surface area contributed by atoms with Crippen LogP contribution in [-0.2, 0) is 29.0 Å². The first-order valence-electron chi connectivity index (χ1n) is 15.5. The van der Waals surface area contributed by atoms with Crippen molar-refractivity contribution >= 4 is 23.3 Å². The van der Waals surface area contributed by atoms with E-state index in [1.807, 2.05) is 46.0 Å². The summed E-state index contributed by atoms with van der Waals surface area (Å²) in [4.78, 5) is 22.3. The maximum Gasteiger partial charge on any atom is 0.337 e. The Morgan fingerprint density at radius 2 is 1.81 bits per heavy atom. The quantitative estimate of drug-likeness (QED) is 0.294. The van der Waals surface area contributed by atoms with Gasteiger partial charge >= 0.3 is 5.97 Å². The number of ether oxygens (including phenoxy) is 1. The van der Waals surface area contributed by atoms with Gasteiger partial charge in [-0.05, 0) is 93.2 Å². The number of halogens is 1. The van der Waals surface area contributed by atoms with Crippen LogP contribution in [0.2, 0.25) is 5.02 Å². The Labute approximate surface area is 262 Å². The molecule has 1 saturated heterocycles. The number of rotatable bonds is 7. The summed E-state index contributed by atoms with van der Waals surface area (Å²) in [6.07, 6.45) is 3.83. The average molecular weight is 604 g/mol. The molecule has 2 aliphatic rings. The van der Waals surface area contributed by atoms with Crippen LogP contribution in [0.25, 0.3) is 11.1 Å². The number of carboxylic acid groups (broad SMARTS) is 1. The number of carboxylic acids is 1. The molecule has 1 atom stereocenters. The number of aryl methyl sites for hydroxylation is 2. The summed E-state index contributed by atoms with van der Waals surface area (Å²) in [5.41, 5.74) is 9.05. The molecule has 43 heavy (non-hydrogen) atoms. The van der Waals surface area contributed by atoms with E-state index in [1.165, 1.54) is 22.3 Å². The Kier molecular flexibility index (Phi) is 8.95. The van der Waals surface area contributed by atoms with E-state index >= 15 is 0 Å². The van der Waals surface area contributed by atoms with Crippen LogP contribution in [0.3, 0.4) is 0 Å². The molecule has 230 valence electrons. The lowest BCUT2D eigenvalue weighted by atomic mass is 9.82. The van der Waals surface area contributed by atoms with Gasteiger partial charge < -0.3 is 14.7 Å². The van der Waals surface area contributed by atoms with E-state index in [2.05, 4.69) is 54.8 Å². The number of aromatic nitrogens is 1. The fourth-order valence-corrected chi connectivity index (χ4v) is 6.68. The molecule has 1 aromatic heterocycles. The highest BCUT2D eigenvalue weighted by molar-refractivity contribution is 6.31. The van der Waals surface area contributed by atoms with Crippen LogP contribution in [-0.4, -0.2) is 46.2 Å². The predicted octanol–water partition coefficient (Wildman–Crippen LogP) is 8.14. The highest BCUT2D eigenvalue weighted by Gasteiger charge is 2.36. The van der Waals surface area contributed by atoms with E-state index in [0.29, 0.717) is 11.3 Å². The van der Waals surface area contributed by atoms with Gasteiger partial charge in [-0.25, -0.2) is 4.79 Å². The Bertz CT molecular complexity index is 1480. The molecule has 2 aromatic carbocycles. The van der Waals surface area contributed by atoms with Crippen LogP contribution in [0.4, 0.5) is 5.69 Å². The van der Waals surface area contributed by atoms with Crippen molar-refractivity contribution < 1.29 is 14.6 Å². The monoisotopic (exact) mass is 603 g/mol. The number of nitrogens with zero attached hydrogens (tertiary/aromatic N) is 3. The SMILES string of the molecule is Cc1cccc(Cl)c1CN1CCc2cc(-c3cnc(C)c(C(OC(C)(C)C)C(=O)O)c3N3CCC(C)(C)CC3)ccc2C1. The van der Waals surface area contributed by atoms with Crippen LogP contribution in [0.15, 0.2) is 42.6 Å². The smallest absolute Gasteiger partial charge is 0.337 e. The largest absolute Gasteiger partial charge is 0.479 e. The molecule has 0 bridgehead atoms. The van der Waals surface area contributed by atoms with E-state index in [4.69, 9.17) is 21.3 Å². The van der Waals surface area contributed by atoms with Crippen molar-refractivity contribution in [1.29, 1.82) is 0 Å². The van der Waals surface area contributed by atoms with E-state index in [-0.39, 0.29) is 5.41 Å². The highest BCUT2D eigenvalue weighted by atomic mass is 35.5. The van der Waals surface area contributed by atoms with Gasteiger partial charge in [-0.1, -0.05) is 55.8 Å². The Morgan fingerprint density at radius 3 is 2.47 bits per heavy atom. The maximum atomic E-state index is 12.7. The maximum absolute atomic E-state index is 12.7. The van der Waals surface area contributed by atoms with Gasteiger partial charge in [-0.15, -0.1) is 0 Å². The summed E-state index contributed by atoms with van der Waals surface area (Å²) >= 11 is 6.55. The van der Waals surface area contributed by atoms with E-state index in [1.54, 1.807) is 0 Å². The molecule has 0 aliphatic carbocycles. The normalized spacial score (nSPS) is 17.9. The van der Waals surface area contributed by atoms with Crippen molar-refractivity contribution in [2.45, 2.75) is 92.5 Å². The molecule has 7 heteroatoms. The van der Waals surface area contributed by atoms with Gasteiger partial charge in [-0.2, -0.15) is 0 Å². The van der Waals surface area contributed by atoms with Crippen molar-refractivity contribution in [3.05, 3.63) is 81.1 Å². The van der Waals surface area contributed by atoms with Crippen molar-refractivity contribution in [3.63, 3.8) is 0 Å². The minimum Gasteiger partial charge on any atom is -0.479 e. The summed E-state index contributed by atoms with van der Waals surface area (Å²) in [6.45, 7) is 18.7. The van der Waals surface area contributed by atoms with Crippen molar-refractivity contribution in [2.75, 3.05) is 24.5 Å². The molecular formula is C36H46ClN3O3. The van der Waals surface area contributed by atoms with Crippen LogP contribution in [0.1, 0.15) is 87.1 Å². The van der Waals surface area contributed by atoms with E-state index < -0.39 is 17.7 Å². The second-order valence-corrected chi connectivity index (χ2v) is 14.5. The lowest BCUT2D eigenvalue weighted by Gasteiger charge is -2.41. The summed E-state index contributed by atoms with van der Waals surface area (Å²) in [5, 5.41) is 11.2. The number of fused-ring (bicyclic) bond motifs is 1. The third-order valence-corrected chi connectivity index (χ3v) is 9.38. The summed E-state index contributed by atoms with van der Waals surface area (Å²) < 4.78 is 6.22. The molecule has 2 aliphatic heterocycles. The first-order chi connectivity index (χ1) is 20.2. The minimum absolute atomic E-state index is 0.257. The third-order valence-electron chi connectivity index (χ3n) is 9.02. The van der Waals surface area contributed by atoms with Crippen LogP contribution in [0.5, 0.6) is 0 Å². The van der Waals surface area contributed by atoms with Gasteiger partial charge in [0.15, 0.2) is 6.10 Å². The molecular weight excluding hydrogens is 558 g/mol. The molecule has 5 rings (SSSR count). The number of hydrogen-bond acceptors (Lipinski definition) is 5. The van der Waals surface area contributed by atoms with Crippen molar-refractivity contribution in [3.8, 4) is 11.1 Å². The van der Waals surface area contributed by atoms with Gasteiger partial charge in [-0.3, -0.25) is 9.88 Å². The molecule has 0 spiro atoms. The molecule has 0 saturated carbocycles. The Morgan fingerprint density at radius 1 is 1.09 bits per heavy atom. The van der Waals surface area contributed by atoms with E-state index in [9.17, 15) is 9.90 Å². The second-order valence-electron chi connectivity index (χ2n) is 14.1. The molecule has 1 fully saturated rings. The zero-order valence-electron chi connectivity index (χ0n) is 26.8. The predicted molar refractivity (Wildman–Crippen MR) is 175 cm³/mol. The molecule has 3 heterocycles. The number of carbonyl (C=O) groups is 1. The number of pyridine rings is 1. The van der Waals surface area contributed by atoms with Crippen LogP contribution >= 0.6 is 11.6 Å². The number of aliphatic carboxylic acids is 1. The Balaban J connectivity index is 1.53. The van der Waals surface area contributed by atoms with Gasteiger partial charge in [0.25, 0.3) is 0 Å². The fourth-order valence-electron chi connectivity index (χ4n) is 6.40. The molecule has 0 radical (unpaired) electrons. The molecule has 1 unspecified atom stereocenters. The van der Waals surface area contributed by atoms with Crippen molar-refractivity contribution in [1.82, 2.24) is 9.88 Å². The van der Waals surface area contributed by atoms with Gasteiger partial charge in [0.1, 0.15) is 0 Å². The first-order valence-corrected chi connectivity index (χ1v) is 15.8. The van der Waals surface area contributed by atoms with Gasteiger partial charge in [0.2, 0.25) is 0 Å². The zero-order chi connectivity index (χ0) is 31.1. The number of piperidine rings is 1. The topological polar surface area (TPSA) is 65.9 Å². The highest BCUT2D eigenvalue weighted by Crippen LogP contribution is 2.44. The second kappa shape index (κ2) is 12.2. The number of hydrogen-bond donors (Lipinski definition) is 1. The van der Waals surface area contributed by atoms with E-state index in [0.717, 1.165) is 73.8 Å². The van der Waals surface area contributed by atoms with Gasteiger partial charge in [0.05, 0.1) is 11.3 Å². The molecule has 0 amide bonds. The zero-order valence-corrected chi connectivity index (χ0v) is 27.5. The van der Waals surface area contributed by atoms with Crippen molar-refractivity contribution in [2.24, 2.45) is 5.41 Å². The minimum atomic E-state index is -1.11. The number of benzene rings is 2. The lowest BCUT2D eigenvalue weighted by Crippen LogP contribution is -2.39. The fraction of sp³-hybridized carbons (Fsp3) is 0.500. The summed E-state index contributed by atoms with van der Waals surface area (Å²) in [7, 11) is 0. The lowest BCUT2D eigenvalue weighted by molar-refractivity contribution is -0.160. The molecule has 3 aromatic rings.